The lowest BCUT2D eigenvalue weighted by molar-refractivity contribution is -0.597. The van der Waals surface area contributed by atoms with E-state index in [0.29, 0.717) is 0 Å². The maximum absolute atomic E-state index is 10.5. The summed E-state index contributed by atoms with van der Waals surface area (Å²) in [5.41, 5.74) is 0. The maximum Gasteiger partial charge on any atom is 0.430 e. The topological polar surface area (TPSA) is 80.3 Å². The molecule has 1 aromatic carbocycles. The molecular formula is C18H10F6I2O4S2. The minimum atomic E-state index is -5.19. The van der Waals surface area contributed by atoms with E-state index in [1.165, 1.54) is 7.14 Å². The average molecular weight is 722 g/mol. The summed E-state index contributed by atoms with van der Waals surface area (Å²) < 4.78 is 69.2. The first-order chi connectivity index (χ1) is 14.8. The van der Waals surface area contributed by atoms with Gasteiger partial charge in [-0.15, -0.1) is 0 Å². The lowest BCUT2D eigenvalue weighted by Crippen LogP contribution is -3.62. The zero-order valence-corrected chi connectivity index (χ0v) is 21.2. The van der Waals surface area contributed by atoms with Gasteiger partial charge in [-0.05, 0) is 47.2 Å². The van der Waals surface area contributed by atoms with Crippen LogP contribution in [0.1, 0.15) is 0 Å². The summed E-state index contributed by atoms with van der Waals surface area (Å²) >= 11 is 3.84. The number of carbonyl (C=O) groups is 2. The molecule has 0 unspecified atom stereocenters. The molecule has 0 atom stereocenters. The molecular weight excluding hydrogens is 712 g/mol. The van der Waals surface area contributed by atoms with E-state index < -0.39 is 24.3 Å². The third kappa shape index (κ3) is 12.0. The van der Waals surface area contributed by atoms with E-state index in [1.54, 1.807) is 5.77 Å². The van der Waals surface area contributed by atoms with Crippen LogP contribution in [0.2, 0.25) is 0 Å². The number of carboxylic acids is 2. The van der Waals surface area contributed by atoms with Gasteiger partial charge < -0.3 is 19.8 Å². The highest BCUT2D eigenvalue weighted by Crippen LogP contribution is 2.12. The Bertz CT molecular complexity index is 878. The van der Waals surface area contributed by atoms with Crippen molar-refractivity contribution >= 4 is 34.6 Å². The van der Waals surface area contributed by atoms with Crippen LogP contribution in [0.3, 0.4) is 0 Å². The van der Waals surface area contributed by atoms with Gasteiger partial charge in [-0.25, -0.2) is 0 Å². The van der Waals surface area contributed by atoms with Crippen LogP contribution < -0.4 is 52.6 Å². The Kier molecular flexibility index (Phi) is 11.9. The minimum absolute atomic E-state index is 0.0358. The van der Waals surface area contributed by atoms with Gasteiger partial charge in [0, 0.05) is 12.1 Å². The monoisotopic (exact) mass is 722 g/mol. The SMILES string of the molecule is O=C([O-])C(F)(F)F.O=C([O-])C(F)(F)F.c1csc([I+]c2ccc([I+]c3cccs3)cc2)c1. The minimum Gasteiger partial charge on any atom is -0.542 e. The Morgan fingerprint density at radius 3 is 1.12 bits per heavy atom. The molecule has 3 aromatic rings. The zero-order valence-electron chi connectivity index (χ0n) is 15.2. The molecule has 0 saturated heterocycles. The summed E-state index contributed by atoms with van der Waals surface area (Å²) in [4.78, 5) is 17.6. The van der Waals surface area contributed by atoms with Gasteiger partial charge in [0.2, 0.25) is 5.77 Å². The molecule has 0 aliphatic carbocycles. The van der Waals surface area contributed by atoms with Gasteiger partial charge in [0.1, 0.15) is 11.9 Å². The average Bonchev–Trinajstić information content (AvgIpc) is 3.37. The Labute approximate surface area is 206 Å². The van der Waals surface area contributed by atoms with Crippen molar-refractivity contribution in [2.45, 2.75) is 12.4 Å². The summed E-state index contributed by atoms with van der Waals surface area (Å²) in [6.07, 6.45) is -10.4. The molecule has 0 fully saturated rings. The summed E-state index contributed by atoms with van der Waals surface area (Å²) in [5, 5.41) is 21.9. The fourth-order valence-electron chi connectivity index (χ4n) is 1.40. The molecule has 0 bridgehead atoms. The van der Waals surface area contributed by atoms with E-state index in [-0.39, 0.29) is 42.4 Å². The van der Waals surface area contributed by atoms with E-state index >= 15 is 0 Å². The molecule has 0 saturated carbocycles. The van der Waals surface area contributed by atoms with Gasteiger partial charge in [0.05, 0.1) is 0 Å². The highest BCUT2D eigenvalue weighted by molar-refractivity contribution is 7.07. The fraction of sp³-hybridized carbons (Fsp3) is 0.111. The number of alkyl halides is 6. The van der Waals surface area contributed by atoms with Crippen LogP contribution in [-0.2, 0) is 9.59 Å². The molecule has 174 valence electrons. The number of aliphatic carboxylic acids is 2. The van der Waals surface area contributed by atoms with Crippen molar-refractivity contribution in [3.05, 3.63) is 72.2 Å². The largest absolute Gasteiger partial charge is 0.542 e. The summed E-state index contributed by atoms with van der Waals surface area (Å²) in [6, 6.07) is 18.1. The lowest BCUT2D eigenvalue weighted by atomic mass is 10.4. The molecule has 0 N–H and O–H groups in total. The lowest BCUT2D eigenvalue weighted by Gasteiger charge is -2.03. The molecule has 4 nitrogen and oxygen atoms in total. The van der Waals surface area contributed by atoms with Crippen LogP contribution in [0.25, 0.3) is 0 Å². The second-order valence-corrected chi connectivity index (χ2v) is 14.3. The van der Waals surface area contributed by atoms with Crippen LogP contribution in [0.15, 0.2) is 59.3 Å². The molecule has 2 aromatic heterocycles. The number of carbonyl (C=O) groups excluding carboxylic acids is 2. The summed E-state index contributed by atoms with van der Waals surface area (Å²) in [5.74, 6) is -6.01. The van der Waals surface area contributed by atoms with Crippen LogP contribution in [-0.4, -0.2) is 24.3 Å². The second kappa shape index (κ2) is 13.3. The normalized spacial score (nSPS) is 10.9. The number of rotatable bonds is 4. The van der Waals surface area contributed by atoms with Gasteiger partial charge >= 0.3 is 54.8 Å². The van der Waals surface area contributed by atoms with E-state index in [2.05, 4.69) is 59.3 Å². The fourth-order valence-corrected chi connectivity index (χ4v) is 8.65. The third-order valence-electron chi connectivity index (χ3n) is 2.64. The number of thiophene rings is 2. The number of benzene rings is 1. The third-order valence-corrected chi connectivity index (χ3v) is 11.0. The highest BCUT2D eigenvalue weighted by Gasteiger charge is 2.29. The van der Waals surface area contributed by atoms with Crippen molar-refractivity contribution in [3.63, 3.8) is 0 Å². The molecule has 3 rings (SSSR count). The van der Waals surface area contributed by atoms with Gasteiger partial charge in [0.25, 0.3) is 0 Å². The number of halogens is 8. The molecule has 14 heteroatoms. The number of hydrogen-bond donors (Lipinski definition) is 0. The van der Waals surface area contributed by atoms with Crippen molar-refractivity contribution < 1.29 is 88.6 Å². The molecule has 0 aliphatic rings. The van der Waals surface area contributed by atoms with Crippen LogP contribution in [0, 0.1) is 12.9 Å². The standard InChI is InChI=1S/C14H10I2S2.2C2HF3O2/c1-3-13(17-9-1)15-11-5-7-12(8-6-11)16-14-4-2-10-18-14;2*3-2(4,5)1(6)7/h1-10H;2*(H,6,7)/q+2;;/p-2. The summed E-state index contributed by atoms with van der Waals surface area (Å²) in [6.45, 7) is 0. The van der Waals surface area contributed by atoms with Crippen molar-refractivity contribution in [3.8, 4) is 0 Å². The van der Waals surface area contributed by atoms with Gasteiger partial charge in [-0.1, -0.05) is 22.7 Å². The highest BCUT2D eigenvalue weighted by atomic mass is 127. The Morgan fingerprint density at radius 1 is 0.656 bits per heavy atom. The van der Waals surface area contributed by atoms with Crippen molar-refractivity contribution in [2.75, 3.05) is 0 Å². The van der Waals surface area contributed by atoms with Gasteiger partial charge in [-0.2, -0.15) is 26.3 Å². The van der Waals surface area contributed by atoms with Crippen LogP contribution in [0.5, 0.6) is 0 Å². The summed E-state index contributed by atoms with van der Waals surface area (Å²) in [7, 11) is 0. The second-order valence-electron chi connectivity index (χ2n) is 5.03. The number of carboxylic acid groups (broad SMARTS) is 2. The van der Waals surface area contributed by atoms with E-state index in [4.69, 9.17) is 19.8 Å². The van der Waals surface area contributed by atoms with Crippen molar-refractivity contribution in [2.24, 2.45) is 0 Å². The van der Waals surface area contributed by atoms with Crippen molar-refractivity contribution in [1.82, 2.24) is 0 Å². The zero-order chi connectivity index (χ0) is 24.4. The van der Waals surface area contributed by atoms with E-state index in [1.807, 2.05) is 22.7 Å². The predicted molar refractivity (Wildman–Crippen MR) is 92.0 cm³/mol. The molecule has 32 heavy (non-hydrogen) atoms. The molecule has 0 radical (unpaired) electrons. The first-order valence-corrected chi connectivity index (χ1v) is 13.9. The van der Waals surface area contributed by atoms with E-state index in [9.17, 15) is 26.3 Å². The quantitative estimate of drug-likeness (QED) is 0.209. The Balaban J connectivity index is 0.000000305. The molecule has 0 amide bonds. The van der Waals surface area contributed by atoms with Gasteiger partial charge in [0.15, 0.2) is 7.14 Å². The Morgan fingerprint density at radius 2 is 0.938 bits per heavy atom. The Hall–Kier alpha value is -1.40. The van der Waals surface area contributed by atoms with Crippen LogP contribution in [0.4, 0.5) is 26.3 Å². The molecule has 0 aliphatic heterocycles. The van der Waals surface area contributed by atoms with Gasteiger partial charge in [-0.3, -0.25) is 0 Å². The van der Waals surface area contributed by atoms with Crippen LogP contribution >= 0.6 is 22.7 Å². The first kappa shape index (κ1) is 28.6. The van der Waals surface area contributed by atoms with E-state index in [0.717, 1.165) is 0 Å². The smallest absolute Gasteiger partial charge is 0.430 e. The van der Waals surface area contributed by atoms with Crippen molar-refractivity contribution in [1.29, 1.82) is 0 Å². The first-order valence-electron chi connectivity index (χ1n) is 7.82. The number of hydrogen-bond acceptors (Lipinski definition) is 6. The molecule has 2 heterocycles. The molecule has 0 spiro atoms. The predicted octanol–water partition coefficient (Wildman–Crippen LogP) is -3.34. The maximum atomic E-state index is 10.5.